The van der Waals surface area contributed by atoms with Crippen LogP contribution in [0.2, 0.25) is 0 Å². The second-order valence-corrected chi connectivity index (χ2v) is 7.09. The number of hydrogen-bond donors (Lipinski definition) is 2. The standard InChI is InChI=1S/C19H29N3O2.2ClH/c1-15-13-16-5-3-4-6-17(16)22(15)12-11-21-18(23)19(14-24-2)7-9-20-10-8-19;;/h3-6,15,20H,7-14H2,1-2H3,(H,21,23);2*1H. The molecule has 148 valence electrons. The van der Waals surface area contributed by atoms with Crippen LogP contribution in [-0.4, -0.2) is 51.8 Å². The van der Waals surface area contributed by atoms with Crippen molar-refractivity contribution >= 4 is 36.4 Å². The summed E-state index contributed by atoms with van der Waals surface area (Å²) in [5.41, 5.74) is 2.35. The van der Waals surface area contributed by atoms with Crippen LogP contribution in [-0.2, 0) is 16.0 Å². The SMILES string of the molecule is COCC1(C(=O)NCCN2c3ccccc3CC2C)CCNCC1.Cl.Cl. The highest BCUT2D eigenvalue weighted by Crippen LogP contribution is 2.32. The van der Waals surface area contributed by atoms with E-state index in [1.165, 1.54) is 11.3 Å². The molecule has 5 nitrogen and oxygen atoms in total. The van der Waals surface area contributed by atoms with Crippen LogP contribution in [0.15, 0.2) is 24.3 Å². The monoisotopic (exact) mass is 403 g/mol. The minimum atomic E-state index is -0.367. The average molecular weight is 404 g/mol. The highest BCUT2D eigenvalue weighted by Gasteiger charge is 2.39. The second-order valence-electron chi connectivity index (χ2n) is 7.09. The van der Waals surface area contributed by atoms with Crippen LogP contribution in [0.4, 0.5) is 5.69 Å². The van der Waals surface area contributed by atoms with Crippen molar-refractivity contribution in [3.05, 3.63) is 29.8 Å². The zero-order chi connectivity index (χ0) is 17.0. The Hall–Kier alpha value is -1.01. The molecule has 0 radical (unpaired) electrons. The van der Waals surface area contributed by atoms with E-state index in [0.717, 1.165) is 38.9 Å². The van der Waals surface area contributed by atoms with Crippen LogP contribution in [0.5, 0.6) is 0 Å². The molecule has 2 aliphatic heterocycles. The fraction of sp³-hybridized carbons (Fsp3) is 0.632. The summed E-state index contributed by atoms with van der Waals surface area (Å²) < 4.78 is 5.35. The smallest absolute Gasteiger partial charge is 0.228 e. The Labute approximate surface area is 169 Å². The van der Waals surface area contributed by atoms with E-state index in [4.69, 9.17) is 4.74 Å². The first-order chi connectivity index (χ1) is 11.7. The molecule has 2 N–H and O–H groups in total. The minimum Gasteiger partial charge on any atom is -0.384 e. The van der Waals surface area contributed by atoms with Crippen LogP contribution in [0, 0.1) is 5.41 Å². The van der Waals surface area contributed by atoms with E-state index in [1.807, 2.05) is 0 Å². The average Bonchev–Trinajstić information content (AvgIpc) is 2.91. The summed E-state index contributed by atoms with van der Waals surface area (Å²) in [7, 11) is 1.68. The highest BCUT2D eigenvalue weighted by molar-refractivity contribution is 5.85. The second kappa shape index (κ2) is 10.4. The van der Waals surface area contributed by atoms with E-state index >= 15 is 0 Å². The molecule has 0 bridgehead atoms. The van der Waals surface area contributed by atoms with Crippen LogP contribution in [0.25, 0.3) is 0 Å². The Balaban J connectivity index is 0.00000169. The third kappa shape index (κ3) is 4.83. The number of piperidine rings is 1. The van der Waals surface area contributed by atoms with Gasteiger partial charge in [-0.1, -0.05) is 18.2 Å². The van der Waals surface area contributed by atoms with Gasteiger partial charge in [-0.15, -0.1) is 24.8 Å². The lowest BCUT2D eigenvalue weighted by Crippen LogP contribution is -2.51. The topological polar surface area (TPSA) is 53.6 Å². The number of ether oxygens (including phenoxy) is 1. The first-order valence-electron chi connectivity index (χ1n) is 8.99. The molecule has 1 aromatic rings. The number of hydrogen-bond acceptors (Lipinski definition) is 4. The number of benzene rings is 1. The Morgan fingerprint density at radius 3 is 2.69 bits per heavy atom. The molecule has 26 heavy (non-hydrogen) atoms. The molecule has 1 saturated heterocycles. The number of nitrogens with zero attached hydrogens (tertiary/aromatic N) is 1. The Morgan fingerprint density at radius 2 is 2.00 bits per heavy atom. The zero-order valence-electron chi connectivity index (χ0n) is 15.6. The number of methoxy groups -OCH3 is 1. The summed E-state index contributed by atoms with van der Waals surface area (Å²) in [6, 6.07) is 9.06. The summed E-state index contributed by atoms with van der Waals surface area (Å²) in [6.45, 7) is 6.05. The van der Waals surface area contributed by atoms with E-state index < -0.39 is 0 Å². The van der Waals surface area contributed by atoms with E-state index in [9.17, 15) is 4.79 Å². The quantitative estimate of drug-likeness (QED) is 0.765. The predicted octanol–water partition coefficient (Wildman–Crippen LogP) is 2.41. The van der Waals surface area contributed by atoms with Crippen molar-refractivity contribution in [1.29, 1.82) is 0 Å². The van der Waals surface area contributed by atoms with Gasteiger partial charge in [-0.2, -0.15) is 0 Å². The molecular formula is C19H31Cl2N3O2. The van der Waals surface area contributed by atoms with E-state index in [0.29, 0.717) is 19.2 Å². The number of halogens is 2. The summed E-state index contributed by atoms with van der Waals surface area (Å²) in [5.74, 6) is 0.144. The summed E-state index contributed by atoms with van der Waals surface area (Å²) in [6.07, 6.45) is 2.77. The van der Waals surface area contributed by atoms with Gasteiger partial charge in [0.25, 0.3) is 0 Å². The van der Waals surface area contributed by atoms with Crippen LogP contribution < -0.4 is 15.5 Å². The molecular weight excluding hydrogens is 373 g/mol. The van der Waals surface area contributed by atoms with E-state index in [-0.39, 0.29) is 36.1 Å². The molecule has 0 saturated carbocycles. The molecule has 1 atom stereocenters. The van der Waals surface area contributed by atoms with E-state index in [2.05, 4.69) is 46.7 Å². The van der Waals surface area contributed by atoms with Crippen molar-refractivity contribution in [1.82, 2.24) is 10.6 Å². The number of amides is 1. The lowest BCUT2D eigenvalue weighted by Gasteiger charge is -2.36. The van der Waals surface area contributed by atoms with Gasteiger partial charge in [-0.3, -0.25) is 4.79 Å². The third-order valence-electron chi connectivity index (χ3n) is 5.45. The van der Waals surface area contributed by atoms with Gasteiger partial charge in [-0.25, -0.2) is 0 Å². The first-order valence-corrected chi connectivity index (χ1v) is 8.99. The van der Waals surface area contributed by atoms with Gasteiger partial charge in [0.1, 0.15) is 0 Å². The van der Waals surface area contributed by atoms with E-state index in [1.54, 1.807) is 7.11 Å². The summed E-state index contributed by atoms with van der Waals surface area (Å²) in [5, 5.41) is 6.49. The zero-order valence-corrected chi connectivity index (χ0v) is 17.3. The largest absolute Gasteiger partial charge is 0.384 e. The maximum Gasteiger partial charge on any atom is 0.228 e. The molecule has 1 unspecified atom stereocenters. The molecule has 1 aromatic carbocycles. The van der Waals surface area contributed by atoms with Crippen molar-refractivity contribution in [3.8, 4) is 0 Å². The lowest BCUT2D eigenvalue weighted by molar-refractivity contribution is -0.136. The maximum absolute atomic E-state index is 12.8. The molecule has 2 aliphatic rings. The van der Waals surface area contributed by atoms with Gasteiger partial charge in [0.05, 0.1) is 12.0 Å². The summed E-state index contributed by atoms with van der Waals surface area (Å²) >= 11 is 0. The fourth-order valence-corrected chi connectivity index (χ4v) is 4.07. The predicted molar refractivity (Wildman–Crippen MR) is 111 cm³/mol. The molecule has 0 spiro atoms. The van der Waals surface area contributed by atoms with Crippen LogP contribution in [0.3, 0.4) is 0 Å². The normalized spacial score (nSPS) is 20.5. The van der Waals surface area contributed by atoms with Crippen molar-refractivity contribution in [2.24, 2.45) is 5.41 Å². The third-order valence-corrected chi connectivity index (χ3v) is 5.45. The van der Waals surface area contributed by atoms with Gasteiger partial charge in [0.2, 0.25) is 5.91 Å². The van der Waals surface area contributed by atoms with Gasteiger partial charge in [0, 0.05) is 31.9 Å². The number of fused-ring (bicyclic) bond motifs is 1. The minimum absolute atomic E-state index is 0. The molecule has 0 aromatic heterocycles. The van der Waals surface area contributed by atoms with Crippen LogP contribution in [0.1, 0.15) is 25.3 Å². The highest BCUT2D eigenvalue weighted by atomic mass is 35.5. The van der Waals surface area contributed by atoms with Crippen molar-refractivity contribution < 1.29 is 9.53 Å². The Morgan fingerprint density at radius 1 is 1.31 bits per heavy atom. The Kier molecular flexibility index (Phi) is 9.17. The first kappa shape index (κ1) is 23.0. The Bertz CT molecular complexity index is 574. The van der Waals surface area contributed by atoms with Gasteiger partial charge < -0.3 is 20.3 Å². The molecule has 7 heteroatoms. The van der Waals surface area contributed by atoms with Crippen molar-refractivity contribution in [3.63, 3.8) is 0 Å². The van der Waals surface area contributed by atoms with Crippen molar-refractivity contribution in [2.45, 2.75) is 32.2 Å². The molecule has 2 heterocycles. The lowest BCUT2D eigenvalue weighted by atomic mass is 9.78. The number of carbonyl (C=O) groups is 1. The maximum atomic E-state index is 12.8. The molecule has 0 aliphatic carbocycles. The fourth-order valence-electron chi connectivity index (χ4n) is 4.07. The molecule has 1 fully saturated rings. The van der Waals surface area contributed by atoms with Gasteiger partial charge in [-0.05, 0) is 50.9 Å². The van der Waals surface area contributed by atoms with Crippen LogP contribution >= 0.6 is 24.8 Å². The molecule has 3 rings (SSSR count). The number of rotatable bonds is 6. The number of nitrogens with one attached hydrogen (secondary N) is 2. The number of anilines is 1. The number of para-hydroxylation sites is 1. The van der Waals surface area contributed by atoms with Crippen molar-refractivity contribution in [2.75, 3.05) is 44.8 Å². The van der Waals surface area contributed by atoms with Gasteiger partial charge >= 0.3 is 0 Å². The molecule has 1 amide bonds. The summed E-state index contributed by atoms with van der Waals surface area (Å²) in [4.78, 5) is 15.2. The van der Waals surface area contributed by atoms with Gasteiger partial charge in [0.15, 0.2) is 0 Å². The number of carbonyl (C=O) groups excluding carboxylic acids is 1.